The van der Waals surface area contributed by atoms with Crippen LogP contribution in [0.2, 0.25) is 0 Å². The van der Waals surface area contributed by atoms with E-state index in [2.05, 4.69) is 0 Å². The van der Waals surface area contributed by atoms with Crippen molar-refractivity contribution in [2.24, 2.45) is 11.7 Å². The third kappa shape index (κ3) is 4.07. The number of nitrogens with two attached hydrogens (primary N) is 1. The van der Waals surface area contributed by atoms with Crippen LogP contribution in [0.15, 0.2) is 42.5 Å². The summed E-state index contributed by atoms with van der Waals surface area (Å²) in [6, 6.07) is 12.1. The van der Waals surface area contributed by atoms with E-state index >= 15 is 0 Å². The molecule has 2 atom stereocenters. The van der Waals surface area contributed by atoms with Gasteiger partial charge in [0.05, 0.1) is 6.04 Å². The summed E-state index contributed by atoms with van der Waals surface area (Å²) in [4.78, 5) is 23.7. The fourth-order valence-electron chi connectivity index (χ4n) is 2.37. The van der Waals surface area contributed by atoms with Crippen LogP contribution in [-0.2, 0) is 14.3 Å². The second-order valence-electron chi connectivity index (χ2n) is 6.48. The topological polar surface area (TPSA) is 89.6 Å². The van der Waals surface area contributed by atoms with E-state index in [-0.39, 0.29) is 0 Å². The minimum atomic E-state index is -1.45. The molecule has 2 rings (SSSR count). The van der Waals surface area contributed by atoms with Crippen LogP contribution >= 0.6 is 0 Å². The van der Waals surface area contributed by atoms with Crippen molar-refractivity contribution in [3.05, 3.63) is 48.0 Å². The summed E-state index contributed by atoms with van der Waals surface area (Å²) in [6.45, 7) is 5.06. The molecule has 5 heteroatoms. The summed E-state index contributed by atoms with van der Waals surface area (Å²) in [7, 11) is 0. The van der Waals surface area contributed by atoms with Gasteiger partial charge in [0.1, 0.15) is 5.60 Å². The lowest BCUT2D eigenvalue weighted by molar-refractivity contribution is -0.167. The average molecular weight is 315 g/mol. The fraction of sp³-hybridized carbons (Fsp3) is 0.333. The summed E-state index contributed by atoms with van der Waals surface area (Å²) >= 11 is 0. The zero-order valence-corrected chi connectivity index (χ0v) is 13.4. The highest BCUT2D eigenvalue weighted by molar-refractivity contribution is 5.95. The smallest absolute Gasteiger partial charge is 0.322 e. The van der Waals surface area contributed by atoms with Gasteiger partial charge in [0.15, 0.2) is 5.92 Å². The Kier molecular flexibility index (Phi) is 4.71. The first kappa shape index (κ1) is 17.0. The number of fused-ring (bicyclic) bond motifs is 1. The molecule has 5 nitrogen and oxygen atoms in total. The van der Waals surface area contributed by atoms with Gasteiger partial charge in [-0.05, 0) is 43.2 Å². The van der Waals surface area contributed by atoms with E-state index < -0.39 is 29.5 Å². The van der Waals surface area contributed by atoms with Gasteiger partial charge in [-0.2, -0.15) is 0 Å². The van der Waals surface area contributed by atoms with E-state index in [1.54, 1.807) is 32.9 Å². The Morgan fingerprint density at radius 2 is 1.70 bits per heavy atom. The Hall–Kier alpha value is -2.40. The minimum Gasteiger partial charge on any atom is -0.481 e. The predicted octanol–water partition coefficient (Wildman–Crippen LogP) is 2.88. The van der Waals surface area contributed by atoms with Crippen molar-refractivity contribution in [3.8, 4) is 0 Å². The third-order valence-electron chi connectivity index (χ3n) is 3.44. The molecule has 0 spiro atoms. The largest absolute Gasteiger partial charge is 0.481 e. The monoisotopic (exact) mass is 315 g/mol. The number of rotatable bonds is 4. The average Bonchev–Trinajstić information content (AvgIpc) is 2.44. The lowest BCUT2D eigenvalue weighted by atomic mass is 9.92. The summed E-state index contributed by atoms with van der Waals surface area (Å²) in [5.41, 5.74) is 5.88. The van der Waals surface area contributed by atoms with E-state index in [9.17, 15) is 14.7 Å². The Labute approximate surface area is 135 Å². The molecule has 122 valence electrons. The van der Waals surface area contributed by atoms with Gasteiger partial charge in [0.25, 0.3) is 0 Å². The van der Waals surface area contributed by atoms with Crippen LogP contribution in [0.1, 0.15) is 32.4 Å². The lowest BCUT2D eigenvalue weighted by Gasteiger charge is -2.25. The fourth-order valence-corrected chi connectivity index (χ4v) is 2.37. The first-order valence-electron chi connectivity index (χ1n) is 7.39. The minimum absolute atomic E-state index is 0.585. The van der Waals surface area contributed by atoms with Crippen LogP contribution in [0.25, 0.3) is 10.8 Å². The Bertz CT molecular complexity index is 733. The first-order valence-corrected chi connectivity index (χ1v) is 7.39. The molecule has 0 aromatic heterocycles. The molecule has 23 heavy (non-hydrogen) atoms. The van der Waals surface area contributed by atoms with Crippen LogP contribution in [0.3, 0.4) is 0 Å². The van der Waals surface area contributed by atoms with Gasteiger partial charge in [0, 0.05) is 0 Å². The molecule has 0 heterocycles. The number of carboxylic acids is 1. The molecule has 0 unspecified atom stereocenters. The molecule has 0 saturated heterocycles. The zero-order valence-electron chi connectivity index (χ0n) is 13.4. The molecule has 0 fully saturated rings. The Balaban J connectivity index is 2.34. The molecule has 0 amide bonds. The number of benzene rings is 2. The number of hydrogen-bond acceptors (Lipinski definition) is 4. The van der Waals surface area contributed by atoms with Gasteiger partial charge >= 0.3 is 11.9 Å². The van der Waals surface area contributed by atoms with E-state index in [4.69, 9.17) is 10.5 Å². The summed E-state index contributed by atoms with van der Waals surface area (Å²) in [5.74, 6) is -3.57. The van der Waals surface area contributed by atoms with Gasteiger partial charge < -0.3 is 15.6 Å². The van der Waals surface area contributed by atoms with E-state index in [1.807, 2.05) is 30.3 Å². The standard InChI is InChI=1S/C18H21NO4/c1-18(2,3)23-17(22)14(16(20)21)15(19)13-9-8-11-6-4-5-7-12(11)10-13/h4-10,14-15H,19H2,1-3H3,(H,20,21)/t14-,15-/m1/s1. The Morgan fingerprint density at radius 3 is 2.26 bits per heavy atom. The van der Waals surface area contributed by atoms with Crippen molar-refractivity contribution < 1.29 is 19.4 Å². The molecular formula is C18H21NO4. The summed E-state index contributed by atoms with van der Waals surface area (Å²) in [6.07, 6.45) is 0. The SMILES string of the molecule is CC(C)(C)OC(=O)[C@@H](C(=O)O)[C@H](N)c1ccc2ccccc2c1. The van der Waals surface area contributed by atoms with E-state index in [1.165, 1.54) is 0 Å². The maximum absolute atomic E-state index is 12.2. The van der Waals surface area contributed by atoms with Gasteiger partial charge in [-0.3, -0.25) is 9.59 Å². The molecule has 0 aliphatic rings. The number of carboxylic acid groups (broad SMARTS) is 1. The van der Waals surface area contributed by atoms with Crippen molar-refractivity contribution in [3.63, 3.8) is 0 Å². The number of carbonyl (C=O) groups excluding carboxylic acids is 1. The number of hydrogen-bond donors (Lipinski definition) is 2. The van der Waals surface area contributed by atoms with Crippen molar-refractivity contribution >= 4 is 22.7 Å². The number of carbonyl (C=O) groups is 2. The highest BCUT2D eigenvalue weighted by atomic mass is 16.6. The van der Waals surface area contributed by atoms with Crippen LogP contribution in [-0.4, -0.2) is 22.6 Å². The zero-order chi connectivity index (χ0) is 17.2. The second kappa shape index (κ2) is 6.38. The molecule has 2 aromatic rings. The van der Waals surface area contributed by atoms with Gasteiger partial charge in [-0.15, -0.1) is 0 Å². The molecule has 0 aliphatic heterocycles. The number of ether oxygens (including phenoxy) is 1. The highest BCUT2D eigenvalue weighted by Gasteiger charge is 2.37. The quantitative estimate of drug-likeness (QED) is 0.669. The predicted molar refractivity (Wildman–Crippen MR) is 87.8 cm³/mol. The molecule has 0 radical (unpaired) electrons. The van der Waals surface area contributed by atoms with Gasteiger partial charge in [-0.1, -0.05) is 36.4 Å². The van der Waals surface area contributed by atoms with Gasteiger partial charge in [0.2, 0.25) is 0 Å². The summed E-state index contributed by atoms with van der Waals surface area (Å²) in [5, 5.41) is 11.4. The molecule has 2 aromatic carbocycles. The van der Waals surface area contributed by atoms with Crippen molar-refractivity contribution in [1.82, 2.24) is 0 Å². The molecule has 3 N–H and O–H groups in total. The van der Waals surface area contributed by atoms with E-state index in [0.29, 0.717) is 5.56 Å². The van der Waals surface area contributed by atoms with Crippen molar-refractivity contribution in [2.75, 3.05) is 0 Å². The van der Waals surface area contributed by atoms with E-state index in [0.717, 1.165) is 10.8 Å². The molecule has 0 bridgehead atoms. The van der Waals surface area contributed by atoms with Crippen LogP contribution in [0.4, 0.5) is 0 Å². The maximum atomic E-state index is 12.2. The lowest BCUT2D eigenvalue weighted by Crippen LogP contribution is -2.39. The maximum Gasteiger partial charge on any atom is 0.322 e. The number of aliphatic carboxylic acids is 1. The second-order valence-corrected chi connectivity index (χ2v) is 6.48. The highest BCUT2D eigenvalue weighted by Crippen LogP contribution is 2.26. The Morgan fingerprint density at radius 1 is 1.09 bits per heavy atom. The normalized spacial score (nSPS) is 14.3. The van der Waals surface area contributed by atoms with Gasteiger partial charge in [-0.25, -0.2) is 0 Å². The van der Waals surface area contributed by atoms with Crippen molar-refractivity contribution in [2.45, 2.75) is 32.4 Å². The number of esters is 1. The van der Waals surface area contributed by atoms with Crippen LogP contribution in [0, 0.1) is 5.92 Å². The van der Waals surface area contributed by atoms with Crippen LogP contribution < -0.4 is 5.73 Å². The van der Waals surface area contributed by atoms with Crippen LogP contribution in [0.5, 0.6) is 0 Å². The van der Waals surface area contributed by atoms with Crippen molar-refractivity contribution in [1.29, 1.82) is 0 Å². The summed E-state index contributed by atoms with van der Waals surface area (Å²) < 4.78 is 5.19. The third-order valence-corrected chi connectivity index (χ3v) is 3.44. The molecule has 0 aliphatic carbocycles. The first-order chi connectivity index (χ1) is 10.7. The molecule has 0 saturated carbocycles. The molecular weight excluding hydrogens is 294 g/mol.